The summed E-state index contributed by atoms with van der Waals surface area (Å²) in [5, 5.41) is 2.91. The fraction of sp³-hybridized carbons (Fsp3) is 0.471. The van der Waals surface area contributed by atoms with E-state index < -0.39 is 5.97 Å². The highest BCUT2D eigenvalue weighted by Gasteiger charge is 2.21. The molecular weight excluding hydrogens is 282 g/mol. The third kappa shape index (κ3) is 4.69. The van der Waals surface area contributed by atoms with E-state index in [2.05, 4.69) is 11.4 Å². The summed E-state index contributed by atoms with van der Waals surface area (Å²) in [6, 6.07) is 8.05. The summed E-state index contributed by atoms with van der Waals surface area (Å²) in [4.78, 5) is 34.1. The molecule has 0 aromatic heterocycles. The molecule has 0 unspecified atom stereocenters. The van der Waals surface area contributed by atoms with Crippen molar-refractivity contribution in [2.75, 3.05) is 6.61 Å². The second-order valence-electron chi connectivity index (χ2n) is 5.57. The van der Waals surface area contributed by atoms with Crippen molar-refractivity contribution in [3.05, 3.63) is 35.4 Å². The van der Waals surface area contributed by atoms with Crippen molar-refractivity contribution < 1.29 is 19.1 Å². The number of rotatable bonds is 6. The summed E-state index contributed by atoms with van der Waals surface area (Å²) in [6.07, 6.45) is 3.12. The molecule has 22 heavy (non-hydrogen) atoms. The molecule has 1 amide bonds. The van der Waals surface area contributed by atoms with Crippen LogP contribution in [0.15, 0.2) is 24.3 Å². The molecule has 0 fully saturated rings. The quantitative estimate of drug-likeness (QED) is 0.817. The highest BCUT2D eigenvalue weighted by molar-refractivity contribution is 5.83. The number of ketones is 1. The van der Waals surface area contributed by atoms with Crippen LogP contribution in [0.25, 0.3) is 0 Å². The number of nitrogens with one attached hydrogen (secondary N) is 1. The van der Waals surface area contributed by atoms with Gasteiger partial charge in [-0.2, -0.15) is 0 Å². The monoisotopic (exact) mass is 303 g/mol. The number of fused-ring (bicyclic) bond motifs is 1. The molecule has 0 radical (unpaired) electrons. The van der Waals surface area contributed by atoms with Gasteiger partial charge in [0.25, 0.3) is 5.91 Å². The molecule has 0 aliphatic heterocycles. The Balaban J connectivity index is 1.81. The van der Waals surface area contributed by atoms with E-state index >= 15 is 0 Å². The van der Waals surface area contributed by atoms with Crippen molar-refractivity contribution in [2.24, 2.45) is 0 Å². The molecule has 1 aromatic carbocycles. The normalized spacial score (nSPS) is 16.5. The van der Waals surface area contributed by atoms with E-state index in [-0.39, 0.29) is 37.2 Å². The van der Waals surface area contributed by atoms with Crippen molar-refractivity contribution in [2.45, 2.75) is 45.1 Å². The SMILES string of the molecule is CC(=O)CCC(=O)OCC(=O)N[C@H]1CCCc2ccccc21. The lowest BCUT2D eigenvalue weighted by molar-refractivity contribution is -0.149. The number of aryl methyl sites for hydroxylation is 1. The maximum atomic E-state index is 11.9. The molecule has 0 saturated carbocycles. The van der Waals surface area contributed by atoms with Gasteiger partial charge in [-0.3, -0.25) is 9.59 Å². The zero-order chi connectivity index (χ0) is 15.9. The van der Waals surface area contributed by atoms with Gasteiger partial charge >= 0.3 is 5.97 Å². The maximum absolute atomic E-state index is 11.9. The van der Waals surface area contributed by atoms with Crippen LogP contribution < -0.4 is 5.32 Å². The number of ether oxygens (including phenoxy) is 1. The molecule has 0 bridgehead atoms. The standard InChI is InChI=1S/C17H21NO4/c1-12(19)9-10-17(21)22-11-16(20)18-15-8-4-6-13-5-2-3-7-14(13)15/h2-3,5,7,15H,4,6,8-11H2,1H3,(H,18,20)/t15-/m0/s1. The summed E-state index contributed by atoms with van der Waals surface area (Å²) >= 11 is 0. The van der Waals surface area contributed by atoms with Crippen LogP contribution >= 0.6 is 0 Å². The zero-order valence-corrected chi connectivity index (χ0v) is 12.8. The average molecular weight is 303 g/mol. The lowest BCUT2D eigenvalue weighted by Crippen LogP contribution is -2.34. The van der Waals surface area contributed by atoms with Crippen molar-refractivity contribution in [1.29, 1.82) is 0 Å². The Morgan fingerprint density at radius 2 is 2.00 bits per heavy atom. The molecule has 1 aromatic rings. The summed E-state index contributed by atoms with van der Waals surface area (Å²) in [6.45, 7) is 1.12. The predicted octanol–water partition coefficient (Wildman–Crippen LogP) is 2.09. The minimum absolute atomic E-state index is 0.0200. The Morgan fingerprint density at radius 1 is 1.23 bits per heavy atom. The predicted molar refractivity (Wildman–Crippen MR) is 81.1 cm³/mol. The van der Waals surface area contributed by atoms with Gasteiger partial charge in [0.1, 0.15) is 5.78 Å². The van der Waals surface area contributed by atoms with Crippen LogP contribution in [0, 0.1) is 0 Å². The Bertz CT molecular complexity index is 568. The Labute approximate surface area is 130 Å². The minimum atomic E-state index is -0.519. The lowest BCUT2D eigenvalue weighted by atomic mass is 9.88. The van der Waals surface area contributed by atoms with Crippen LogP contribution in [-0.4, -0.2) is 24.3 Å². The minimum Gasteiger partial charge on any atom is -0.456 e. The van der Waals surface area contributed by atoms with Gasteiger partial charge in [-0.1, -0.05) is 24.3 Å². The number of hydrogen-bond acceptors (Lipinski definition) is 4. The molecule has 1 N–H and O–H groups in total. The van der Waals surface area contributed by atoms with E-state index in [0.29, 0.717) is 0 Å². The van der Waals surface area contributed by atoms with Gasteiger partial charge in [0.15, 0.2) is 6.61 Å². The van der Waals surface area contributed by atoms with Crippen LogP contribution in [0.2, 0.25) is 0 Å². The molecule has 1 aliphatic carbocycles. The second kappa shape index (κ2) is 7.73. The van der Waals surface area contributed by atoms with Crippen LogP contribution in [0.1, 0.15) is 49.8 Å². The fourth-order valence-corrected chi connectivity index (χ4v) is 2.64. The second-order valence-corrected chi connectivity index (χ2v) is 5.57. The number of carbonyl (C=O) groups excluding carboxylic acids is 3. The van der Waals surface area contributed by atoms with Gasteiger partial charge in [-0.25, -0.2) is 0 Å². The van der Waals surface area contributed by atoms with Gasteiger partial charge in [0.2, 0.25) is 0 Å². The average Bonchev–Trinajstić information content (AvgIpc) is 2.51. The molecule has 0 saturated heterocycles. The van der Waals surface area contributed by atoms with Gasteiger partial charge in [0.05, 0.1) is 12.5 Å². The number of hydrogen-bond donors (Lipinski definition) is 1. The summed E-state index contributed by atoms with van der Waals surface area (Å²) in [5.74, 6) is -0.896. The molecule has 118 valence electrons. The van der Waals surface area contributed by atoms with E-state index in [1.54, 1.807) is 0 Å². The van der Waals surface area contributed by atoms with E-state index in [9.17, 15) is 14.4 Å². The van der Waals surface area contributed by atoms with Crippen LogP contribution in [0.4, 0.5) is 0 Å². The number of amides is 1. The van der Waals surface area contributed by atoms with E-state index in [0.717, 1.165) is 24.8 Å². The maximum Gasteiger partial charge on any atom is 0.306 e. The number of esters is 1. The van der Waals surface area contributed by atoms with Crippen molar-refractivity contribution in [3.63, 3.8) is 0 Å². The molecule has 5 heteroatoms. The molecule has 1 aliphatic rings. The number of Topliss-reactive ketones (excluding diaryl/α,β-unsaturated/α-hetero) is 1. The molecular formula is C17H21NO4. The van der Waals surface area contributed by atoms with Crippen molar-refractivity contribution in [3.8, 4) is 0 Å². The Hall–Kier alpha value is -2.17. The zero-order valence-electron chi connectivity index (χ0n) is 12.8. The third-order valence-electron chi connectivity index (χ3n) is 3.75. The van der Waals surface area contributed by atoms with Gasteiger partial charge in [-0.05, 0) is 37.3 Å². The molecule has 0 heterocycles. The van der Waals surface area contributed by atoms with Crippen LogP contribution in [0.5, 0.6) is 0 Å². The largest absolute Gasteiger partial charge is 0.456 e. The molecule has 5 nitrogen and oxygen atoms in total. The lowest BCUT2D eigenvalue weighted by Gasteiger charge is -2.26. The number of benzene rings is 1. The fourth-order valence-electron chi connectivity index (χ4n) is 2.64. The summed E-state index contributed by atoms with van der Waals surface area (Å²) in [7, 11) is 0. The van der Waals surface area contributed by atoms with E-state index in [1.807, 2.05) is 18.2 Å². The summed E-state index contributed by atoms with van der Waals surface area (Å²) in [5.41, 5.74) is 2.41. The van der Waals surface area contributed by atoms with Gasteiger partial charge in [0, 0.05) is 6.42 Å². The smallest absolute Gasteiger partial charge is 0.306 e. The highest BCUT2D eigenvalue weighted by atomic mass is 16.5. The van der Waals surface area contributed by atoms with Gasteiger partial charge < -0.3 is 14.8 Å². The van der Waals surface area contributed by atoms with Gasteiger partial charge in [-0.15, -0.1) is 0 Å². The van der Waals surface area contributed by atoms with E-state index in [1.165, 1.54) is 12.5 Å². The molecule has 0 spiro atoms. The summed E-state index contributed by atoms with van der Waals surface area (Å²) < 4.78 is 4.88. The van der Waals surface area contributed by atoms with Crippen LogP contribution in [0.3, 0.4) is 0 Å². The Morgan fingerprint density at radius 3 is 2.77 bits per heavy atom. The van der Waals surface area contributed by atoms with E-state index in [4.69, 9.17) is 4.74 Å². The first-order chi connectivity index (χ1) is 10.6. The first kappa shape index (κ1) is 16.2. The number of carbonyl (C=O) groups is 3. The topological polar surface area (TPSA) is 72.5 Å². The van der Waals surface area contributed by atoms with Crippen molar-refractivity contribution >= 4 is 17.7 Å². The third-order valence-corrected chi connectivity index (χ3v) is 3.75. The molecule has 2 rings (SSSR count). The Kier molecular flexibility index (Phi) is 5.69. The highest BCUT2D eigenvalue weighted by Crippen LogP contribution is 2.29. The van der Waals surface area contributed by atoms with Crippen LogP contribution in [-0.2, 0) is 25.5 Å². The molecule has 1 atom stereocenters. The first-order valence-electron chi connectivity index (χ1n) is 7.58. The van der Waals surface area contributed by atoms with Crippen molar-refractivity contribution in [1.82, 2.24) is 5.32 Å². The first-order valence-corrected chi connectivity index (χ1v) is 7.58.